The highest BCUT2D eigenvalue weighted by Gasteiger charge is 2.14. The number of rotatable bonds is 4. The first-order chi connectivity index (χ1) is 9.06. The molecule has 19 heavy (non-hydrogen) atoms. The van der Waals surface area contributed by atoms with Gasteiger partial charge >= 0.3 is 0 Å². The predicted molar refractivity (Wildman–Crippen MR) is 66.6 cm³/mol. The molecule has 1 aromatic heterocycles. The molecule has 2 rings (SSSR count). The zero-order valence-electron chi connectivity index (χ0n) is 9.55. The Hall–Kier alpha value is -2.21. The van der Waals surface area contributed by atoms with E-state index in [1.807, 2.05) is 0 Å². The van der Waals surface area contributed by atoms with E-state index >= 15 is 0 Å². The van der Waals surface area contributed by atoms with Crippen molar-refractivity contribution < 1.29 is 14.1 Å². The number of benzene rings is 1. The predicted octanol–water partition coefficient (Wildman–Crippen LogP) is 3.36. The third kappa shape index (κ3) is 3.38. The molecule has 1 aromatic carbocycles. The average Bonchev–Trinajstić information content (AvgIpc) is 2.38. The van der Waals surface area contributed by atoms with Crippen molar-refractivity contribution in [2.24, 2.45) is 0 Å². The van der Waals surface area contributed by atoms with E-state index in [9.17, 15) is 14.5 Å². The van der Waals surface area contributed by atoms with Gasteiger partial charge in [-0.25, -0.2) is 4.98 Å². The van der Waals surface area contributed by atoms with Crippen LogP contribution in [-0.4, -0.2) is 9.91 Å². The molecule has 2 aromatic rings. The van der Waals surface area contributed by atoms with E-state index in [4.69, 9.17) is 16.3 Å². The lowest BCUT2D eigenvalue weighted by molar-refractivity contribution is -0.385. The number of pyridine rings is 1. The van der Waals surface area contributed by atoms with Gasteiger partial charge in [-0.2, -0.15) is 4.39 Å². The summed E-state index contributed by atoms with van der Waals surface area (Å²) in [5.41, 5.74) is 0.251. The first-order valence-electron chi connectivity index (χ1n) is 5.23. The number of halogens is 2. The highest BCUT2D eigenvalue weighted by atomic mass is 35.5. The Labute approximate surface area is 112 Å². The number of nitrogens with zero attached hydrogens (tertiary/aromatic N) is 2. The number of ether oxygens (including phenoxy) is 1. The molecule has 1 heterocycles. The lowest BCUT2D eigenvalue weighted by Crippen LogP contribution is -2.01. The van der Waals surface area contributed by atoms with Crippen LogP contribution in [0.4, 0.5) is 10.1 Å². The maximum Gasteiger partial charge on any atom is 0.276 e. The standard InChI is InChI=1S/C12H8ClFN2O3/c13-9-1-3-11(16(17)18)8(5-9)7-19-10-2-4-12(14)15-6-10/h1-6H,7H2. The maximum atomic E-state index is 12.6. The third-order valence-electron chi connectivity index (χ3n) is 2.33. The first kappa shape index (κ1) is 13.2. The van der Waals surface area contributed by atoms with Crippen molar-refractivity contribution in [1.29, 1.82) is 0 Å². The van der Waals surface area contributed by atoms with Gasteiger partial charge in [0.05, 0.1) is 16.7 Å². The van der Waals surface area contributed by atoms with E-state index in [0.29, 0.717) is 16.3 Å². The van der Waals surface area contributed by atoms with Gasteiger partial charge < -0.3 is 4.74 Å². The van der Waals surface area contributed by atoms with Crippen LogP contribution >= 0.6 is 11.6 Å². The van der Waals surface area contributed by atoms with Gasteiger partial charge in [-0.3, -0.25) is 10.1 Å². The van der Waals surface area contributed by atoms with Crippen LogP contribution < -0.4 is 4.74 Å². The largest absolute Gasteiger partial charge is 0.487 e. The summed E-state index contributed by atoms with van der Waals surface area (Å²) < 4.78 is 17.9. The molecule has 0 amide bonds. The molecule has 0 aliphatic rings. The monoisotopic (exact) mass is 282 g/mol. The van der Waals surface area contributed by atoms with Crippen LogP contribution in [-0.2, 0) is 6.61 Å². The van der Waals surface area contributed by atoms with Gasteiger partial charge in [0.1, 0.15) is 12.4 Å². The second kappa shape index (κ2) is 5.62. The van der Waals surface area contributed by atoms with Gasteiger partial charge in [-0.1, -0.05) is 11.6 Å². The molecule has 0 aliphatic heterocycles. The molecule has 0 saturated heterocycles. The van der Waals surface area contributed by atoms with Gasteiger partial charge in [0, 0.05) is 11.1 Å². The Balaban J connectivity index is 2.16. The molecule has 0 bridgehead atoms. The summed E-state index contributed by atoms with van der Waals surface area (Å²) in [6.45, 7) is -0.0514. The highest BCUT2D eigenvalue weighted by Crippen LogP contribution is 2.24. The molecule has 0 N–H and O–H groups in total. The average molecular weight is 283 g/mol. The van der Waals surface area contributed by atoms with Crippen LogP contribution in [0.3, 0.4) is 0 Å². The molecule has 0 spiro atoms. The summed E-state index contributed by atoms with van der Waals surface area (Å²) in [4.78, 5) is 13.7. The van der Waals surface area contributed by atoms with Crippen LogP contribution in [0.15, 0.2) is 36.5 Å². The zero-order chi connectivity index (χ0) is 13.8. The SMILES string of the molecule is O=[N+]([O-])c1ccc(Cl)cc1COc1ccc(F)nc1. The summed E-state index contributed by atoms with van der Waals surface area (Å²) in [5.74, 6) is -0.309. The minimum Gasteiger partial charge on any atom is -0.487 e. The van der Waals surface area contributed by atoms with Gasteiger partial charge in [-0.15, -0.1) is 0 Å². The molecule has 0 aliphatic carbocycles. The molecule has 0 fully saturated rings. The van der Waals surface area contributed by atoms with Crippen LogP contribution in [0.1, 0.15) is 5.56 Å². The first-order valence-corrected chi connectivity index (χ1v) is 5.61. The summed E-state index contributed by atoms with van der Waals surface area (Å²) in [7, 11) is 0. The van der Waals surface area contributed by atoms with E-state index < -0.39 is 10.9 Å². The van der Waals surface area contributed by atoms with Crippen molar-refractivity contribution in [2.45, 2.75) is 6.61 Å². The Morgan fingerprint density at radius 2 is 2.16 bits per heavy atom. The Morgan fingerprint density at radius 1 is 1.37 bits per heavy atom. The summed E-state index contributed by atoms with van der Waals surface area (Å²) in [6, 6.07) is 6.73. The van der Waals surface area contributed by atoms with E-state index in [0.717, 1.165) is 6.07 Å². The van der Waals surface area contributed by atoms with E-state index in [1.54, 1.807) is 0 Å². The van der Waals surface area contributed by atoms with Crippen LogP contribution in [0.2, 0.25) is 5.02 Å². The normalized spacial score (nSPS) is 10.2. The molecule has 7 heteroatoms. The van der Waals surface area contributed by atoms with Crippen molar-refractivity contribution >= 4 is 17.3 Å². The Bertz CT molecular complexity index is 604. The number of aromatic nitrogens is 1. The molecule has 0 atom stereocenters. The minimum atomic E-state index is -0.624. The smallest absolute Gasteiger partial charge is 0.276 e. The Morgan fingerprint density at radius 3 is 2.79 bits per heavy atom. The summed E-state index contributed by atoms with van der Waals surface area (Å²) >= 11 is 5.78. The molecule has 0 saturated carbocycles. The third-order valence-corrected chi connectivity index (χ3v) is 2.57. The van der Waals surface area contributed by atoms with Gasteiger partial charge in [0.25, 0.3) is 5.69 Å². The van der Waals surface area contributed by atoms with E-state index in [1.165, 1.54) is 30.5 Å². The van der Waals surface area contributed by atoms with Crippen molar-refractivity contribution in [3.63, 3.8) is 0 Å². The number of hydrogen-bond acceptors (Lipinski definition) is 4. The van der Waals surface area contributed by atoms with E-state index in [-0.39, 0.29) is 12.3 Å². The topological polar surface area (TPSA) is 65.3 Å². The number of nitro benzene ring substituents is 1. The minimum absolute atomic E-state index is 0.0514. The molecule has 0 radical (unpaired) electrons. The molecular formula is C12H8ClFN2O3. The van der Waals surface area contributed by atoms with Gasteiger partial charge in [0.2, 0.25) is 5.95 Å². The molecular weight excluding hydrogens is 275 g/mol. The highest BCUT2D eigenvalue weighted by molar-refractivity contribution is 6.30. The maximum absolute atomic E-state index is 12.6. The Kier molecular flexibility index (Phi) is 3.91. The van der Waals surface area contributed by atoms with Crippen LogP contribution in [0.25, 0.3) is 0 Å². The molecule has 5 nitrogen and oxygen atoms in total. The van der Waals surface area contributed by atoms with Crippen molar-refractivity contribution in [3.05, 3.63) is 63.2 Å². The van der Waals surface area contributed by atoms with Gasteiger partial charge in [-0.05, 0) is 24.3 Å². The molecule has 0 unspecified atom stereocenters. The lowest BCUT2D eigenvalue weighted by atomic mass is 10.2. The zero-order valence-corrected chi connectivity index (χ0v) is 10.3. The fourth-order valence-electron chi connectivity index (χ4n) is 1.46. The van der Waals surface area contributed by atoms with Crippen LogP contribution in [0, 0.1) is 16.1 Å². The van der Waals surface area contributed by atoms with Crippen molar-refractivity contribution in [1.82, 2.24) is 4.98 Å². The van der Waals surface area contributed by atoms with Crippen molar-refractivity contribution in [3.8, 4) is 5.75 Å². The second-order valence-corrected chi connectivity index (χ2v) is 4.07. The quantitative estimate of drug-likeness (QED) is 0.490. The molecule has 98 valence electrons. The van der Waals surface area contributed by atoms with Crippen LogP contribution in [0.5, 0.6) is 5.75 Å². The number of hydrogen-bond donors (Lipinski definition) is 0. The second-order valence-electron chi connectivity index (χ2n) is 3.64. The lowest BCUT2D eigenvalue weighted by Gasteiger charge is -2.06. The number of nitro groups is 1. The fourth-order valence-corrected chi connectivity index (χ4v) is 1.65. The van der Waals surface area contributed by atoms with Crippen molar-refractivity contribution in [2.75, 3.05) is 0 Å². The van der Waals surface area contributed by atoms with E-state index in [2.05, 4.69) is 4.98 Å². The summed E-state index contributed by atoms with van der Waals surface area (Å²) in [5, 5.41) is 11.2. The van der Waals surface area contributed by atoms with Gasteiger partial charge in [0.15, 0.2) is 0 Å². The summed E-state index contributed by atoms with van der Waals surface area (Å²) in [6.07, 6.45) is 1.20. The fraction of sp³-hybridized carbons (Fsp3) is 0.0833.